The zero-order valence-electron chi connectivity index (χ0n) is 30.0. The van der Waals surface area contributed by atoms with Gasteiger partial charge in [-0.3, -0.25) is 0 Å². The van der Waals surface area contributed by atoms with Crippen LogP contribution >= 0.6 is 0 Å². The first-order valence-corrected chi connectivity index (χ1v) is 19.4. The predicted molar refractivity (Wildman–Crippen MR) is 203 cm³/mol. The second kappa shape index (κ2) is 8.13. The number of pyridine rings is 2. The molecule has 0 saturated heterocycles. The van der Waals surface area contributed by atoms with Crippen molar-refractivity contribution >= 4 is 39.0 Å². The van der Waals surface area contributed by atoms with E-state index in [-0.39, 0.29) is 10.8 Å². The van der Waals surface area contributed by atoms with Crippen molar-refractivity contribution in [2.75, 3.05) is 4.90 Å². The minimum absolute atomic E-state index is 0.197. The Labute approximate surface area is 302 Å². The van der Waals surface area contributed by atoms with Gasteiger partial charge in [-0.1, -0.05) is 83.4 Å². The highest BCUT2D eigenvalue weighted by Crippen LogP contribution is 2.67. The maximum Gasteiger partial charge on any atom is 0.323 e. The number of hydrogen-bond donors (Lipinski definition) is 0. The fraction of sp³-hybridized carbons (Fsp3) is 0.277. The second-order valence-corrected chi connectivity index (χ2v) is 17.6. The van der Waals surface area contributed by atoms with Gasteiger partial charge in [0, 0.05) is 44.4 Å². The summed E-state index contributed by atoms with van der Waals surface area (Å²) in [5.41, 5.74) is 16.4. The Morgan fingerprint density at radius 2 is 1.37 bits per heavy atom. The number of nitrogens with zero attached hydrogens (tertiary/aromatic N) is 4. The van der Waals surface area contributed by atoms with Crippen molar-refractivity contribution in [3.05, 3.63) is 130 Å². The van der Waals surface area contributed by atoms with Crippen LogP contribution in [-0.4, -0.2) is 4.57 Å². The molecule has 5 nitrogen and oxygen atoms in total. The van der Waals surface area contributed by atoms with Crippen LogP contribution in [0.3, 0.4) is 0 Å². The number of anilines is 3. The van der Waals surface area contributed by atoms with Gasteiger partial charge in [0.15, 0.2) is 22.6 Å². The number of aromatic nitrogens is 3. The van der Waals surface area contributed by atoms with Gasteiger partial charge in [-0.2, -0.15) is 18.6 Å². The number of hydrogen-bond acceptors (Lipinski definition) is 2. The summed E-state index contributed by atoms with van der Waals surface area (Å²) in [6.45, 7) is 9.76. The lowest BCUT2D eigenvalue weighted by Gasteiger charge is -2.50. The molecule has 7 aliphatic rings. The third kappa shape index (κ3) is 2.54. The first kappa shape index (κ1) is 27.3. The molecule has 1 spiro atoms. The van der Waals surface area contributed by atoms with Crippen LogP contribution in [-0.2, 0) is 16.5 Å². The first-order chi connectivity index (χ1) is 25.3. The zero-order valence-corrected chi connectivity index (χ0v) is 30.0. The Kier molecular flexibility index (Phi) is 4.26. The average Bonchev–Trinajstić information content (AvgIpc) is 3.66. The molecule has 14 rings (SSSR count). The van der Waals surface area contributed by atoms with E-state index in [9.17, 15) is 0 Å². The van der Waals surface area contributed by atoms with Gasteiger partial charge in [0.2, 0.25) is 0 Å². The third-order valence-corrected chi connectivity index (χ3v) is 14.6. The average molecular weight is 675 g/mol. The highest BCUT2D eigenvalue weighted by Gasteiger charge is 2.72. The molecule has 1 saturated carbocycles. The van der Waals surface area contributed by atoms with Gasteiger partial charge in [0.1, 0.15) is 33.8 Å². The maximum absolute atomic E-state index is 7.20. The summed E-state index contributed by atoms with van der Waals surface area (Å²) in [5.74, 6) is 5.09. The van der Waals surface area contributed by atoms with E-state index in [4.69, 9.17) is 4.74 Å². The van der Waals surface area contributed by atoms with Crippen LogP contribution in [0, 0.1) is 0 Å². The molecule has 6 aliphatic heterocycles. The standard InChI is InChI=1S/C47H38N4O/c1-45(2)29-14-10-15-30-42(29)49-43-31(45)19-22-37-40(43)47-39-36(52-37)21-17-28-27-13-8-9-16-33(27)48(41(28)39)38-24-26(25-11-6-5-7-12-25)23-35(50(38)47)34-20-18-32(46(30,3)4)44(49)51(34)47/h8-10,13-25H,5-7,11-12H2,1-4H3/q+2. The van der Waals surface area contributed by atoms with Crippen molar-refractivity contribution in [3.8, 4) is 28.7 Å². The quantitative estimate of drug-likeness (QED) is 0.162. The van der Waals surface area contributed by atoms with Crippen LogP contribution in [0.5, 0.6) is 11.5 Å². The van der Waals surface area contributed by atoms with E-state index in [2.05, 4.69) is 137 Å². The van der Waals surface area contributed by atoms with Gasteiger partial charge in [-0.15, -0.1) is 0 Å². The molecule has 1 unspecified atom stereocenters. The second-order valence-electron chi connectivity index (χ2n) is 17.6. The lowest BCUT2D eigenvalue weighted by Crippen LogP contribution is -2.76. The van der Waals surface area contributed by atoms with E-state index in [0.717, 1.165) is 11.5 Å². The molecule has 0 N–H and O–H groups in total. The Morgan fingerprint density at radius 3 is 2.21 bits per heavy atom. The Morgan fingerprint density at radius 1 is 0.635 bits per heavy atom. The number of rotatable bonds is 1. The summed E-state index contributed by atoms with van der Waals surface area (Å²) in [4.78, 5) is 2.67. The molecule has 1 aliphatic carbocycles. The molecular weight excluding hydrogens is 637 g/mol. The minimum Gasteiger partial charge on any atom is -0.456 e. The van der Waals surface area contributed by atoms with Crippen molar-refractivity contribution in [2.45, 2.75) is 82.2 Å². The van der Waals surface area contributed by atoms with Crippen LogP contribution in [0.4, 0.5) is 17.2 Å². The van der Waals surface area contributed by atoms with Crippen LogP contribution in [0.2, 0.25) is 0 Å². The van der Waals surface area contributed by atoms with Crippen LogP contribution in [0.1, 0.15) is 105 Å². The fourth-order valence-corrected chi connectivity index (χ4v) is 12.4. The summed E-state index contributed by atoms with van der Waals surface area (Å²) in [5, 5.41) is 2.60. The van der Waals surface area contributed by atoms with E-state index in [0.29, 0.717) is 5.92 Å². The number of benzene rings is 4. The van der Waals surface area contributed by atoms with Gasteiger partial charge < -0.3 is 4.74 Å². The fourth-order valence-electron chi connectivity index (χ4n) is 12.4. The number of para-hydroxylation sites is 2. The van der Waals surface area contributed by atoms with Crippen molar-refractivity contribution in [2.24, 2.45) is 0 Å². The van der Waals surface area contributed by atoms with Gasteiger partial charge in [0.05, 0.1) is 5.56 Å². The minimum atomic E-state index is -0.652. The number of fused-ring (bicyclic) bond motifs is 5. The number of ether oxygens (including phenoxy) is 1. The van der Waals surface area contributed by atoms with Crippen LogP contribution in [0.25, 0.3) is 39.0 Å². The Balaban J connectivity index is 1.27. The van der Waals surface area contributed by atoms with E-state index < -0.39 is 5.66 Å². The van der Waals surface area contributed by atoms with E-state index in [1.54, 1.807) is 0 Å². The van der Waals surface area contributed by atoms with E-state index in [1.807, 2.05) is 0 Å². The lowest BCUT2D eigenvalue weighted by molar-refractivity contribution is -0.932. The van der Waals surface area contributed by atoms with Gasteiger partial charge in [0.25, 0.3) is 11.6 Å². The summed E-state index contributed by atoms with van der Waals surface area (Å²) in [7, 11) is 0. The third-order valence-electron chi connectivity index (χ3n) is 14.6. The molecule has 0 bridgehead atoms. The summed E-state index contributed by atoms with van der Waals surface area (Å²) in [6.07, 6.45) is 6.51. The first-order valence-electron chi connectivity index (χ1n) is 19.4. The Hall–Kier alpha value is -5.42. The molecular formula is C47H38N4O+2. The van der Waals surface area contributed by atoms with Crippen LogP contribution < -0.4 is 18.8 Å². The summed E-state index contributed by atoms with van der Waals surface area (Å²) in [6, 6.07) is 35.4. The van der Waals surface area contributed by atoms with Crippen molar-refractivity contribution in [3.63, 3.8) is 0 Å². The van der Waals surface area contributed by atoms with E-state index in [1.165, 1.54) is 127 Å². The Bertz CT molecular complexity index is 2930. The molecule has 0 radical (unpaired) electrons. The van der Waals surface area contributed by atoms with Gasteiger partial charge in [-0.05, 0) is 72.9 Å². The smallest absolute Gasteiger partial charge is 0.323 e. The molecule has 5 heteroatoms. The van der Waals surface area contributed by atoms with Crippen molar-refractivity contribution in [1.29, 1.82) is 0 Å². The molecule has 4 aromatic carbocycles. The van der Waals surface area contributed by atoms with Crippen molar-refractivity contribution < 1.29 is 13.9 Å². The van der Waals surface area contributed by atoms with E-state index >= 15 is 0 Å². The summed E-state index contributed by atoms with van der Waals surface area (Å²) >= 11 is 0. The van der Waals surface area contributed by atoms with Crippen molar-refractivity contribution in [1.82, 2.24) is 4.57 Å². The molecule has 1 atom stereocenters. The molecule has 3 aromatic heterocycles. The molecule has 9 heterocycles. The molecule has 250 valence electrons. The molecule has 1 fully saturated rings. The van der Waals surface area contributed by atoms with Gasteiger partial charge in [-0.25, -0.2) is 0 Å². The molecule has 52 heavy (non-hydrogen) atoms. The lowest BCUT2D eigenvalue weighted by atomic mass is 9.64. The van der Waals surface area contributed by atoms with Gasteiger partial charge >= 0.3 is 5.66 Å². The largest absolute Gasteiger partial charge is 0.456 e. The SMILES string of the molecule is CC1(C)c2cccc3c2N2c4c1ccc1c4C45c6c(ccc7c8ccccc8n(c67)-c6cc(C7CCCCC7)cc([n+]64)-c4ccc(c2[n+]45)C3(C)C)O1. The maximum atomic E-state index is 7.20. The molecule has 7 aromatic rings. The predicted octanol–water partition coefficient (Wildman–Crippen LogP) is 10.2. The topological polar surface area (TPSA) is 25.2 Å². The van der Waals surface area contributed by atoms with Crippen LogP contribution in [0.15, 0.2) is 91.0 Å². The normalized spacial score (nSPS) is 21.9. The molecule has 0 amide bonds. The highest BCUT2D eigenvalue weighted by molar-refractivity contribution is 6.12. The summed E-state index contributed by atoms with van der Waals surface area (Å²) < 4.78 is 15.3. The highest BCUT2D eigenvalue weighted by atomic mass is 16.5. The monoisotopic (exact) mass is 674 g/mol. The zero-order chi connectivity index (χ0) is 34.2.